The zero-order valence-corrected chi connectivity index (χ0v) is 6.88. The number of rotatable bonds is 1. The summed E-state index contributed by atoms with van der Waals surface area (Å²) in [6.07, 6.45) is 0. The van der Waals surface area contributed by atoms with Gasteiger partial charge < -0.3 is 9.26 Å². The van der Waals surface area contributed by atoms with E-state index < -0.39 is 0 Å². The Balaban J connectivity index is 3.15. The smallest absolute Gasteiger partial charge is 0.311 e. The molecule has 11 heavy (non-hydrogen) atoms. The van der Waals surface area contributed by atoms with Crippen LogP contribution in [0.1, 0.15) is 31.4 Å². The Morgan fingerprint density at radius 3 is 2.55 bits per heavy atom. The summed E-state index contributed by atoms with van der Waals surface area (Å²) >= 11 is 0. The lowest BCUT2D eigenvalue weighted by Gasteiger charge is -1.97. The van der Waals surface area contributed by atoms with Crippen molar-refractivity contribution in [1.29, 1.82) is 0 Å². The zero-order chi connectivity index (χ0) is 8.43. The molecule has 0 spiro atoms. The first-order chi connectivity index (χ1) is 5.15. The first-order valence-electron chi connectivity index (χ1n) is 3.50. The average Bonchev–Trinajstić information content (AvgIpc) is 2.30. The Bertz CT molecular complexity index is 294. The molecular formula is C8H10N2O. The van der Waals surface area contributed by atoms with Crippen molar-refractivity contribution in [2.45, 2.75) is 26.7 Å². The van der Waals surface area contributed by atoms with Crippen molar-refractivity contribution < 1.29 is 4.42 Å². The van der Waals surface area contributed by atoms with Crippen LogP contribution in [-0.2, 0) is 0 Å². The van der Waals surface area contributed by atoms with E-state index in [-0.39, 0.29) is 5.92 Å². The highest BCUT2D eigenvalue weighted by atomic mass is 16.4. The van der Waals surface area contributed by atoms with Gasteiger partial charge in [0.1, 0.15) is 5.76 Å². The maximum absolute atomic E-state index is 6.79. The third-order valence-corrected chi connectivity index (χ3v) is 1.37. The van der Waals surface area contributed by atoms with Gasteiger partial charge in [-0.1, -0.05) is 25.4 Å². The van der Waals surface area contributed by atoms with Gasteiger partial charge in [0, 0.05) is 12.8 Å². The van der Waals surface area contributed by atoms with Crippen LogP contribution < -0.4 is 0 Å². The molecule has 0 unspecified atom stereocenters. The van der Waals surface area contributed by atoms with Gasteiger partial charge in [-0.25, -0.2) is 0 Å². The Morgan fingerprint density at radius 1 is 1.55 bits per heavy atom. The molecule has 0 N–H and O–H groups in total. The molecule has 0 saturated heterocycles. The summed E-state index contributed by atoms with van der Waals surface area (Å²) in [6.45, 7) is 12.5. The summed E-state index contributed by atoms with van der Waals surface area (Å²) in [6, 6.07) is 0. The fraction of sp³-hybridized carbons (Fsp3) is 0.500. The molecule has 3 nitrogen and oxygen atoms in total. The van der Waals surface area contributed by atoms with E-state index in [0.717, 1.165) is 0 Å². The standard InChI is InChI=1S/C8H10N2O/c1-5(2)7-8(9-4)10-6(3)11-7/h5H,1-3H3. The number of hydrogen-bond donors (Lipinski definition) is 0. The van der Waals surface area contributed by atoms with Crippen LogP contribution in [-0.4, -0.2) is 4.98 Å². The van der Waals surface area contributed by atoms with Crippen molar-refractivity contribution in [3.05, 3.63) is 23.1 Å². The number of aromatic nitrogens is 1. The topological polar surface area (TPSA) is 30.4 Å². The zero-order valence-electron chi connectivity index (χ0n) is 6.88. The van der Waals surface area contributed by atoms with Gasteiger partial charge in [-0.05, 0) is 0 Å². The van der Waals surface area contributed by atoms with Crippen molar-refractivity contribution in [2.75, 3.05) is 0 Å². The average molecular weight is 150 g/mol. The largest absolute Gasteiger partial charge is 0.439 e. The second kappa shape index (κ2) is 2.75. The molecule has 0 aliphatic heterocycles. The third kappa shape index (κ3) is 1.40. The Morgan fingerprint density at radius 2 is 2.18 bits per heavy atom. The predicted molar refractivity (Wildman–Crippen MR) is 41.6 cm³/mol. The third-order valence-electron chi connectivity index (χ3n) is 1.37. The summed E-state index contributed by atoms with van der Waals surface area (Å²) < 4.78 is 5.24. The second-order valence-corrected chi connectivity index (χ2v) is 2.69. The molecule has 1 aromatic heterocycles. The summed E-state index contributed by atoms with van der Waals surface area (Å²) in [4.78, 5) is 7.19. The maximum Gasteiger partial charge on any atom is 0.311 e. The van der Waals surface area contributed by atoms with Crippen molar-refractivity contribution >= 4 is 5.82 Å². The fourth-order valence-corrected chi connectivity index (χ4v) is 0.888. The number of oxazole rings is 1. The van der Waals surface area contributed by atoms with Crippen molar-refractivity contribution in [1.82, 2.24) is 4.98 Å². The summed E-state index contributed by atoms with van der Waals surface area (Å²) in [7, 11) is 0. The molecule has 1 heterocycles. The Labute approximate surface area is 65.9 Å². The van der Waals surface area contributed by atoms with Crippen LogP contribution >= 0.6 is 0 Å². The molecule has 0 atom stereocenters. The second-order valence-electron chi connectivity index (χ2n) is 2.69. The lowest BCUT2D eigenvalue weighted by molar-refractivity contribution is 0.458. The van der Waals surface area contributed by atoms with E-state index in [2.05, 4.69) is 9.83 Å². The monoisotopic (exact) mass is 150 g/mol. The quantitative estimate of drug-likeness (QED) is 0.576. The molecule has 0 radical (unpaired) electrons. The molecule has 0 bridgehead atoms. The number of hydrogen-bond acceptors (Lipinski definition) is 2. The van der Waals surface area contributed by atoms with E-state index in [1.807, 2.05) is 13.8 Å². The van der Waals surface area contributed by atoms with Crippen LogP contribution in [0.4, 0.5) is 5.82 Å². The van der Waals surface area contributed by atoms with Gasteiger partial charge in [0.15, 0.2) is 0 Å². The lowest BCUT2D eigenvalue weighted by atomic mass is 10.2. The highest BCUT2D eigenvalue weighted by Crippen LogP contribution is 2.26. The van der Waals surface area contributed by atoms with Crippen LogP contribution in [0.3, 0.4) is 0 Å². The van der Waals surface area contributed by atoms with E-state index in [1.54, 1.807) is 6.92 Å². The highest BCUT2D eigenvalue weighted by molar-refractivity contribution is 5.41. The van der Waals surface area contributed by atoms with Crippen LogP contribution in [0.25, 0.3) is 4.85 Å². The molecule has 1 aromatic rings. The van der Waals surface area contributed by atoms with E-state index in [9.17, 15) is 0 Å². The molecule has 0 aromatic carbocycles. The van der Waals surface area contributed by atoms with Gasteiger partial charge >= 0.3 is 5.82 Å². The molecule has 3 heteroatoms. The van der Waals surface area contributed by atoms with Crippen molar-refractivity contribution in [2.24, 2.45) is 0 Å². The number of aryl methyl sites for hydroxylation is 1. The van der Waals surface area contributed by atoms with Crippen LogP contribution in [0.5, 0.6) is 0 Å². The van der Waals surface area contributed by atoms with E-state index >= 15 is 0 Å². The van der Waals surface area contributed by atoms with Crippen molar-refractivity contribution in [3.63, 3.8) is 0 Å². The predicted octanol–water partition coefficient (Wildman–Crippen LogP) is 2.66. The fourth-order valence-electron chi connectivity index (χ4n) is 0.888. The van der Waals surface area contributed by atoms with Gasteiger partial charge in [0.25, 0.3) is 5.89 Å². The summed E-state index contributed by atoms with van der Waals surface area (Å²) in [5, 5.41) is 0. The molecule has 0 aliphatic carbocycles. The first-order valence-corrected chi connectivity index (χ1v) is 3.50. The van der Waals surface area contributed by atoms with Gasteiger partial charge in [0.2, 0.25) is 0 Å². The van der Waals surface area contributed by atoms with Crippen LogP contribution in [0.15, 0.2) is 4.42 Å². The normalized spacial score (nSPS) is 10.1. The van der Waals surface area contributed by atoms with Gasteiger partial charge in [-0.2, -0.15) is 0 Å². The number of nitrogens with zero attached hydrogens (tertiary/aromatic N) is 2. The SMILES string of the molecule is [C-]#[N+]c1nc(C)oc1C(C)C. The van der Waals surface area contributed by atoms with Crippen molar-refractivity contribution in [3.8, 4) is 0 Å². The highest BCUT2D eigenvalue weighted by Gasteiger charge is 2.14. The van der Waals surface area contributed by atoms with Gasteiger partial charge in [-0.3, -0.25) is 0 Å². The summed E-state index contributed by atoms with van der Waals surface area (Å²) in [5.41, 5.74) is 0. The first kappa shape index (κ1) is 7.80. The Kier molecular flexibility index (Phi) is 1.95. The molecular weight excluding hydrogens is 140 g/mol. The van der Waals surface area contributed by atoms with Gasteiger partial charge in [0.05, 0.1) is 0 Å². The van der Waals surface area contributed by atoms with E-state index in [4.69, 9.17) is 11.0 Å². The lowest BCUT2D eigenvalue weighted by Crippen LogP contribution is -1.81. The maximum atomic E-state index is 6.79. The minimum Gasteiger partial charge on any atom is -0.439 e. The molecule has 0 amide bonds. The minimum atomic E-state index is 0.236. The van der Waals surface area contributed by atoms with Gasteiger partial charge in [-0.15, -0.1) is 0 Å². The molecule has 0 aliphatic rings. The molecule has 58 valence electrons. The molecule has 0 fully saturated rings. The van der Waals surface area contributed by atoms with Crippen LogP contribution in [0.2, 0.25) is 0 Å². The van der Waals surface area contributed by atoms with E-state index in [0.29, 0.717) is 17.5 Å². The minimum absolute atomic E-state index is 0.236. The van der Waals surface area contributed by atoms with E-state index in [1.165, 1.54) is 0 Å². The molecule has 0 saturated carbocycles. The Hall–Kier alpha value is -1.30. The summed E-state index contributed by atoms with van der Waals surface area (Å²) in [5.74, 6) is 1.90. The van der Waals surface area contributed by atoms with Crippen LogP contribution in [0, 0.1) is 13.5 Å². The molecule has 1 rings (SSSR count).